The zero-order chi connectivity index (χ0) is 17.1. The monoisotopic (exact) mass is 373 g/mol. The smallest absolute Gasteiger partial charge is 0.240 e. The van der Waals surface area contributed by atoms with E-state index in [9.17, 15) is 18.4 Å². The van der Waals surface area contributed by atoms with Gasteiger partial charge in [-0.25, -0.2) is 8.78 Å². The Hall–Kier alpha value is -1.73. The number of hydrogen-bond donors (Lipinski definition) is 1. The molecule has 3 rings (SSSR count). The molecule has 1 unspecified atom stereocenters. The number of nitrogens with zero attached hydrogens (tertiary/aromatic N) is 2. The van der Waals surface area contributed by atoms with Crippen LogP contribution < -0.4 is 5.32 Å². The number of amides is 2. The van der Waals surface area contributed by atoms with E-state index in [0.29, 0.717) is 18.7 Å². The molecule has 0 spiro atoms. The van der Waals surface area contributed by atoms with Gasteiger partial charge in [0.2, 0.25) is 11.8 Å². The second kappa shape index (κ2) is 8.58. The van der Waals surface area contributed by atoms with E-state index in [2.05, 4.69) is 5.32 Å². The molecule has 0 aliphatic carbocycles. The number of rotatable bonds is 4. The molecular weight excluding hydrogens is 352 g/mol. The van der Waals surface area contributed by atoms with E-state index in [1.54, 1.807) is 9.80 Å². The van der Waals surface area contributed by atoms with Crippen molar-refractivity contribution in [3.05, 3.63) is 35.4 Å². The SMILES string of the molecule is Cl.O=C(CC1NCCN(Cc2cc(F)cc(F)c2)C1=O)N1CCCC1. The van der Waals surface area contributed by atoms with Gasteiger partial charge >= 0.3 is 0 Å². The maximum Gasteiger partial charge on any atom is 0.240 e. The van der Waals surface area contributed by atoms with Gasteiger partial charge < -0.3 is 15.1 Å². The first-order chi connectivity index (χ1) is 11.5. The van der Waals surface area contributed by atoms with E-state index >= 15 is 0 Å². The standard InChI is InChI=1S/C17H21F2N3O2.ClH/c18-13-7-12(8-14(19)9-13)11-22-6-3-20-15(17(22)24)10-16(23)21-4-1-2-5-21;/h7-9,15,20H,1-6,10-11H2;1H. The molecule has 5 nitrogen and oxygen atoms in total. The third kappa shape index (κ3) is 4.89. The van der Waals surface area contributed by atoms with Crippen molar-refractivity contribution in [2.24, 2.45) is 0 Å². The van der Waals surface area contributed by atoms with Gasteiger partial charge in [-0.2, -0.15) is 0 Å². The van der Waals surface area contributed by atoms with Gasteiger partial charge in [0.05, 0.1) is 12.5 Å². The van der Waals surface area contributed by atoms with Crippen LogP contribution in [0.15, 0.2) is 18.2 Å². The molecule has 2 saturated heterocycles. The third-order valence-corrected chi connectivity index (χ3v) is 4.52. The first-order valence-corrected chi connectivity index (χ1v) is 8.28. The average molecular weight is 374 g/mol. The Bertz CT molecular complexity index is 618. The molecule has 2 fully saturated rings. The van der Waals surface area contributed by atoms with Crippen molar-refractivity contribution in [1.82, 2.24) is 15.1 Å². The highest BCUT2D eigenvalue weighted by Crippen LogP contribution is 2.16. The molecule has 0 aromatic heterocycles. The quantitative estimate of drug-likeness (QED) is 0.874. The summed E-state index contributed by atoms with van der Waals surface area (Å²) in [6.07, 6.45) is 2.15. The Morgan fingerprint density at radius 2 is 1.76 bits per heavy atom. The molecule has 1 aromatic rings. The van der Waals surface area contributed by atoms with Crippen LogP contribution in [0.1, 0.15) is 24.8 Å². The van der Waals surface area contributed by atoms with Gasteiger partial charge in [0.25, 0.3) is 0 Å². The van der Waals surface area contributed by atoms with Crippen LogP contribution in [0.5, 0.6) is 0 Å². The zero-order valence-corrected chi connectivity index (χ0v) is 14.7. The van der Waals surface area contributed by atoms with Crippen LogP contribution in [0.2, 0.25) is 0 Å². The molecule has 25 heavy (non-hydrogen) atoms. The van der Waals surface area contributed by atoms with Gasteiger partial charge in [0.15, 0.2) is 0 Å². The second-order valence-electron chi connectivity index (χ2n) is 6.34. The number of nitrogens with one attached hydrogen (secondary N) is 1. The Balaban J connectivity index is 0.00000225. The average Bonchev–Trinajstić information content (AvgIpc) is 3.04. The lowest BCUT2D eigenvalue weighted by Gasteiger charge is -2.33. The van der Waals surface area contributed by atoms with Crippen LogP contribution in [-0.2, 0) is 16.1 Å². The molecule has 8 heteroatoms. The summed E-state index contributed by atoms with van der Waals surface area (Å²) in [5.41, 5.74) is 0.410. The van der Waals surface area contributed by atoms with Gasteiger partial charge in [-0.3, -0.25) is 9.59 Å². The normalized spacial score (nSPS) is 20.6. The van der Waals surface area contributed by atoms with Crippen molar-refractivity contribution < 1.29 is 18.4 Å². The first kappa shape index (κ1) is 19.6. The second-order valence-corrected chi connectivity index (χ2v) is 6.34. The summed E-state index contributed by atoms with van der Waals surface area (Å²) in [7, 11) is 0. The minimum absolute atomic E-state index is 0. The van der Waals surface area contributed by atoms with E-state index in [4.69, 9.17) is 0 Å². The molecule has 0 radical (unpaired) electrons. The Morgan fingerprint density at radius 3 is 2.40 bits per heavy atom. The van der Waals surface area contributed by atoms with Gasteiger partial charge in [-0.1, -0.05) is 0 Å². The molecule has 0 saturated carbocycles. The summed E-state index contributed by atoms with van der Waals surface area (Å²) in [5.74, 6) is -1.53. The van der Waals surface area contributed by atoms with Crippen molar-refractivity contribution in [2.75, 3.05) is 26.2 Å². The van der Waals surface area contributed by atoms with Crippen LogP contribution >= 0.6 is 12.4 Å². The van der Waals surface area contributed by atoms with Crippen molar-refractivity contribution in [3.8, 4) is 0 Å². The molecule has 2 amide bonds. The Labute approximate surface area is 151 Å². The van der Waals surface area contributed by atoms with Crippen LogP contribution in [0.3, 0.4) is 0 Å². The van der Waals surface area contributed by atoms with E-state index in [-0.39, 0.29) is 37.2 Å². The summed E-state index contributed by atoms with van der Waals surface area (Å²) in [6, 6.07) is 2.69. The molecule has 1 N–H and O–H groups in total. The predicted octanol–water partition coefficient (Wildman–Crippen LogP) is 1.70. The topological polar surface area (TPSA) is 52.7 Å². The van der Waals surface area contributed by atoms with Crippen LogP contribution in [0.4, 0.5) is 8.78 Å². The molecule has 1 aromatic carbocycles. The minimum atomic E-state index is -0.659. The van der Waals surface area contributed by atoms with E-state index < -0.39 is 17.7 Å². The molecule has 138 valence electrons. The zero-order valence-electron chi connectivity index (χ0n) is 13.8. The van der Waals surface area contributed by atoms with Gasteiger partial charge in [0.1, 0.15) is 11.6 Å². The van der Waals surface area contributed by atoms with Crippen LogP contribution in [0.25, 0.3) is 0 Å². The number of carbonyl (C=O) groups is 2. The van der Waals surface area contributed by atoms with E-state index in [1.807, 2.05) is 0 Å². The van der Waals surface area contributed by atoms with E-state index in [1.165, 1.54) is 12.1 Å². The molecule has 2 aliphatic rings. The highest BCUT2D eigenvalue weighted by Gasteiger charge is 2.32. The number of piperazine rings is 1. The van der Waals surface area contributed by atoms with Crippen molar-refractivity contribution in [2.45, 2.75) is 31.8 Å². The van der Waals surface area contributed by atoms with Crippen molar-refractivity contribution in [3.63, 3.8) is 0 Å². The Kier molecular flexibility index (Phi) is 6.72. The highest BCUT2D eigenvalue weighted by molar-refractivity contribution is 5.89. The predicted molar refractivity (Wildman–Crippen MR) is 91.2 cm³/mol. The first-order valence-electron chi connectivity index (χ1n) is 8.28. The lowest BCUT2D eigenvalue weighted by atomic mass is 10.1. The highest BCUT2D eigenvalue weighted by atomic mass is 35.5. The summed E-state index contributed by atoms with van der Waals surface area (Å²) >= 11 is 0. The lowest BCUT2D eigenvalue weighted by molar-refractivity contribution is -0.141. The maximum atomic E-state index is 13.3. The summed E-state index contributed by atoms with van der Waals surface area (Å²) in [5, 5.41) is 3.07. The maximum absolute atomic E-state index is 13.3. The molecule has 2 aliphatic heterocycles. The van der Waals surface area contributed by atoms with Crippen LogP contribution in [-0.4, -0.2) is 53.8 Å². The van der Waals surface area contributed by atoms with E-state index in [0.717, 1.165) is 32.0 Å². The van der Waals surface area contributed by atoms with Gasteiger partial charge in [-0.15, -0.1) is 12.4 Å². The minimum Gasteiger partial charge on any atom is -0.343 e. The van der Waals surface area contributed by atoms with Gasteiger partial charge in [0, 0.05) is 38.8 Å². The van der Waals surface area contributed by atoms with Crippen molar-refractivity contribution >= 4 is 24.2 Å². The Morgan fingerprint density at radius 1 is 1.12 bits per heavy atom. The summed E-state index contributed by atoms with van der Waals surface area (Å²) in [4.78, 5) is 28.1. The lowest BCUT2D eigenvalue weighted by Crippen LogP contribution is -2.56. The third-order valence-electron chi connectivity index (χ3n) is 4.52. The molecule has 2 heterocycles. The molecule has 0 bridgehead atoms. The fourth-order valence-electron chi connectivity index (χ4n) is 3.30. The van der Waals surface area contributed by atoms with Crippen LogP contribution in [0, 0.1) is 11.6 Å². The number of halogens is 3. The fraction of sp³-hybridized carbons (Fsp3) is 0.529. The number of hydrogen-bond acceptors (Lipinski definition) is 3. The summed E-state index contributed by atoms with van der Waals surface area (Å²) < 4.78 is 26.6. The summed E-state index contributed by atoms with van der Waals surface area (Å²) in [6.45, 7) is 2.66. The molecule has 1 atom stereocenters. The van der Waals surface area contributed by atoms with Gasteiger partial charge in [-0.05, 0) is 30.5 Å². The molecular formula is C17H22ClF2N3O2. The number of benzene rings is 1. The number of carbonyl (C=O) groups excluding carboxylic acids is 2. The van der Waals surface area contributed by atoms with Crippen molar-refractivity contribution in [1.29, 1.82) is 0 Å². The largest absolute Gasteiger partial charge is 0.343 e. The number of likely N-dealkylation sites (tertiary alicyclic amines) is 1. The fourth-order valence-corrected chi connectivity index (χ4v) is 3.30.